The standard InChI is InChI=1S/C27H35ClN6O/c1-4-19-10-9-11-20(5-2)23(19)34-25-21(16-22(28)26(30-25)32-13-7-6-8-14-32)24(31-27(34)35)33-15-12-29-17-18(33)3/h9-11,16,18,29H,4-8,12-15,17H2,1-3H3/t18-/m0/s1. The third-order valence-electron chi connectivity index (χ3n) is 7.40. The van der Waals surface area contributed by atoms with Gasteiger partial charge in [-0.2, -0.15) is 4.98 Å². The van der Waals surface area contributed by atoms with Gasteiger partial charge in [0, 0.05) is 38.8 Å². The highest BCUT2D eigenvalue weighted by Crippen LogP contribution is 2.35. The number of benzene rings is 1. The summed E-state index contributed by atoms with van der Waals surface area (Å²) in [5.74, 6) is 1.45. The van der Waals surface area contributed by atoms with E-state index in [0.29, 0.717) is 16.5 Å². The second-order valence-electron chi connectivity index (χ2n) is 9.64. The Morgan fingerprint density at radius 2 is 1.74 bits per heavy atom. The van der Waals surface area contributed by atoms with Crippen LogP contribution in [-0.2, 0) is 12.8 Å². The van der Waals surface area contributed by atoms with Crippen molar-refractivity contribution in [2.75, 3.05) is 42.5 Å². The maximum absolute atomic E-state index is 13.8. The van der Waals surface area contributed by atoms with E-state index in [0.717, 1.165) is 86.4 Å². The van der Waals surface area contributed by atoms with E-state index in [1.54, 1.807) is 4.57 Å². The predicted molar refractivity (Wildman–Crippen MR) is 145 cm³/mol. The highest BCUT2D eigenvalue weighted by Gasteiger charge is 2.27. The van der Waals surface area contributed by atoms with Crippen molar-refractivity contribution in [1.82, 2.24) is 19.9 Å². The first-order chi connectivity index (χ1) is 17.0. The van der Waals surface area contributed by atoms with E-state index in [1.165, 1.54) is 6.42 Å². The van der Waals surface area contributed by atoms with Crippen molar-refractivity contribution < 1.29 is 0 Å². The van der Waals surface area contributed by atoms with Crippen LogP contribution in [-0.4, -0.2) is 53.3 Å². The second-order valence-corrected chi connectivity index (χ2v) is 10.1. The topological polar surface area (TPSA) is 66.3 Å². The number of piperazine rings is 1. The van der Waals surface area contributed by atoms with Crippen molar-refractivity contribution in [1.29, 1.82) is 0 Å². The van der Waals surface area contributed by atoms with Crippen molar-refractivity contribution in [2.45, 2.75) is 58.9 Å². The predicted octanol–water partition coefficient (Wildman–Crippen LogP) is 4.35. The van der Waals surface area contributed by atoms with E-state index in [-0.39, 0.29) is 11.7 Å². The lowest BCUT2D eigenvalue weighted by Crippen LogP contribution is -2.50. The summed E-state index contributed by atoms with van der Waals surface area (Å²) in [5, 5.41) is 4.88. The molecule has 2 aliphatic heterocycles. The molecule has 2 fully saturated rings. The summed E-state index contributed by atoms with van der Waals surface area (Å²) < 4.78 is 1.74. The molecule has 7 nitrogen and oxygen atoms in total. The van der Waals surface area contributed by atoms with E-state index in [1.807, 2.05) is 6.07 Å². The molecule has 1 N–H and O–H groups in total. The van der Waals surface area contributed by atoms with Gasteiger partial charge in [-0.1, -0.05) is 43.6 Å². The summed E-state index contributed by atoms with van der Waals surface area (Å²) in [4.78, 5) is 28.1. The number of aryl methyl sites for hydroxylation is 2. The lowest BCUT2D eigenvalue weighted by molar-refractivity contribution is 0.497. The Balaban J connectivity index is 1.83. The van der Waals surface area contributed by atoms with Gasteiger partial charge in [-0.15, -0.1) is 0 Å². The van der Waals surface area contributed by atoms with E-state index >= 15 is 0 Å². The molecule has 0 unspecified atom stereocenters. The number of hydrogen-bond acceptors (Lipinski definition) is 6. The number of nitrogens with zero attached hydrogens (tertiary/aromatic N) is 5. The summed E-state index contributed by atoms with van der Waals surface area (Å²) in [5.41, 5.74) is 3.52. The van der Waals surface area contributed by atoms with Gasteiger partial charge in [0.1, 0.15) is 11.6 Å². The SMILES string of the molecule is CCc1cccc(CC)c1-n1c(=O)nc(N2CCNC[C@@H]2C)c2cc(Cl)c(N3CCCCC3)nc21. The van der Waals surface area contributed by atoms with Gasteiger partial charge >= 0.3 is 5.69 Å². The number of pyridine rings is 1. The van der Waals surface area contributed by atoms with E-state index < -0.39 is 0 Å². The number of anilines is 2. The van der Waals surface area contributed by atoms with Gasteiger partial charge < -0.3 is 15.1 Å². The third-order valence-corrected chi connectivity index (χ3v) is 7.68. The molecule has 0 saturated carbocycles. The number of aromatic nitrogens is 3. The Morgan fingerprint density at radius 3 is 2.40 bits per heavy atom. The largest absolute Gasteiger partial charge is 0.355 e. The summed E-state index contributed by atoms with van der Waals surface area (Å²) in [6.45, 7) is 10.7. The number of para-hydroxylation sites is 1. The van der Waals surface area contributed by atoms with Crippen LogP contribution in [0.5, 0.6) is 0 Å². The highest BCUT2D eigenvalue weighted by molar-refractivity contribution is 6.33. The van der Waals surface area contributed by atoms with Crippen LogP contribution in [0.4, 0.5) is 11.6 Å². The normalized spacial score (nSPS) is 18.9. The summed E-state index contributed by atoms with van der Waals surface area (Å²) >= 11 is 6.89. The molecular formula is C27H35ClN6O. The van der Waals surface area contributed by atoms with Crippen LogP contribution < -0.4 is 20.8 Å². The molecule has 8 heteroatoms. The number of halogens is 1. The van der Waals surface area contributed by atoms with Crippen LogP contribution in [0.2, 0.25) is 5.02 Å². The minimum atomic E-state index is -0.284. The molecular weight excluding hydrogens is 460 g/mol. The first-order valence-corrected chi connectivity index (χ1v) is 13.4. The monoisotopic (exact) mass is 494 g/mol. The highest BCUT2D eigenvalue weighted by atomic mass is 35.5. The van der Waals surface area contributed by atoms with Crippen molar-refractivity contribution in [3.63, 3.8) is 0 Å². The van der Waals surface area contributed by atoms with Crippen molar-refractivity contribution in [3.8, 4) is 5.69 Å². The molecule has 0 amide bonds. The Hall–Kier alpha value is -2.64. The fourth-order valence-electron chi connectivity index (χ4n) is 5.50. The van der Waals surface area contributed by atoms with Crippen LogP contribution in [0.3, 0.4) is 0 Å². The van der Waals surface area contributed by atoms with Crippen LogP contribution in [0.1, 0.15) is 51.2 Å². The van der Waals surface area contributed by atoms with Gasteiger partial charge in [0.2, 0.25) is 0 Å². The average Bonchev–Trinajstić information content (AvgIpc) is 2.89. The molecule has 186 valence electrons. The summed E-state index contributed by atoms with van der Waals surface area (Å²) in [7, 11) is 0. The second kappa shape index (κ2) is 10.2. The molecule has 3 aromatic rings. The molecule has 2 aliphatic rings. The average molecular weight is 495 g/mol. The van der Waals surface area contributed by atoms with Gasteiger partial charge in [-0.05, 0) is 56.2 Å². The van der Waals surface area contributed by atoms with Crippen LogP contribution in [0.15, 0.2) is 29.1 Å². The molecule has 0 radical (unpaired) electrons. The zero-order chi connectivity index (χ0) is 24.5. The first kappa shape index (κ1) is 24.1. The number of piperidine rings is 1. The van der Waals surface area contributed by atoms with Gasteiger partial charge in [0.25, 0.3) is 0 Å². The van der Waals surface area contributed by atoms with Gasteiger partial charge in [-0.3, -0.25) is 0 Å². The Bertz CT molecular complexity index is 1260. The molecule has 1 atom stereocenters. The Labute approximate surface area is 212 Å². The van der Waals surface area contributed by atoms with Crippen LogP contribution >= 0.6 is 11.6 Å². The van der Waals surface area contributed by atoms with Crippen LogP contribution in [0, 0.1) is 0 Å². The first-order valence-electron chi connectivity index (χ1n) is 13.0. The molecule has 2 aromatic heterocycles. The summed E-state index contributed by atoms with van der Waals surface area (Å²) in [6.07, 6.45) is 5.12. The van der Waals surface area contributed by atoms with Gasteiger partial charge in [-0.25, -0.2) is 14.3 Å². The van der Waals surface area contributed by atoms with E-state index in [9.17, 15) is 4.79 Å². The molecule has 0 bridgehead atoms. The zero-order valence-corrected chi connectivity index (χ0v) is 21.7. The zero-order valence-electron chi connectivity index (χ0n) is 21.0. The molecule has 1 aromatic carbocycles. The van der Waals surface area contributed by atoms with E-state index in [4.69, 9.17) is 16.6 Å². The van der Waals surface area contributed by atoms with Crippen LogP contribution in [0.25, 0.3) is 16.7 Å². The molecule has 5 rings (SSSR count). The van der Waals surface area contributed by atoms with Crippen molar-refractivity contribution >= 4 is 34.3 Å². The minimum Gasteiger partial charge on any atom is -0.355 e. The fourth-order valence-corrected chi connectivity index (χ4v) is 5.77. The van der Waals surface area contributed by atoms with Gasteiger partial charge in [0.05, 0.1) is 16.1 Å². The lowest BCUT2D eigenvalue weighted by atomic mass is 10.0. The maximum Gasteiger partial charge on any atom is 0.355 e. The minimum absolute atomic E-state index is 0.212. The molecule has 0 aliphatic carbocycles. The Kier molecular flexibility index (Phi) is 6.98. The van der Waals surface area contributed by atoms with Crippen molar-refractivity contribution in [2.24, 2.45) is 0 Å². The fraction of sp³-hybridized carbons (Fsp3) is 0.519. The number of rotatable bonds is 5. The third kappa shape index (κ3) is 4.40. The maximum atomic E-state index is 13.8. The summed E-state index contributed by atoms with van der Waals surface area (Å²) in [6, 6.07) is 8.47. The number of fused-ring (bicyclic) bond motifs is 1. The lowest BCUT2D eigenvalue weighted by Gasteiger charge is -2.36. The van der Waals surface area contributed by atoms with Gasteiger partial charge in [0.15, 0.2) is 5.65 Å². The molecule has 35 heavy (non-hydrogen) atoms. The smallest absolute Gasteiger partial charge is 0.355 e. The van der Waals surface area contributed by atoms with Crippen molar-refractivity contribution in [3.05, 3.63) is 50.9 Å². The number of nitrogens with one attached hydrogen (secondary N) is 1. The number of hydrogen-bond donors (Lipinski definition) is 1. The quantitative estimate of drug-likeness (QED) is 0.569. The Morgan fingerprint density at radius 1 is 1.03 bits per heavy atom. The van der Waals surface area contributed by atoms with E-state index in [2.05, 4.69) is 59.1 Å². The molecule has 2 saturated heterocycles. The molecule has 4 heterocycles. The molecule has 0 spiro atoms.